The number of rotatable bonds is 4. The molecule has 0 spiro atoms. The van der Waals surface area contributed by atoms with Crippen LogP contribution in [0.2, 0.25) is 0 Å². The van der Waals surface area contributed by atoms with Crippen molar-refractivity contribution in [2.45, 2.75) is 39.3 Å². The average Bonchev–Trinajstić information content (AvgIpc) is 2.78. The maximum Gasteiger partial charge on any atom is 0.146 e. The van der Waals surface area contributed by atoms with Gasteiger partial charge in [-0.1, -0.05) is 19.9 Å². The lowest BCUT2D eigenvalue weighted by atomic mass is 10.0. The van der Waals surface area contributed by atoms with Crippen LogP contribution in [0.25, 0.3) is 0 Å². The maximum absolute atomic E-state index is 14.2. The quantitative estimate of drug-likeness (QED) is 0.883. The Morgan fingerprint density at radius 2 is 2.22 bits per heavy atom. The number of hydrogen-bond donors (Lipinski definition) is 1. The summed E-state index contributed by atoms with van der Waals surface area (Å²) in [5.41, 5.74) is 1.77. The van der Waals surface area contributed by atoms with Gasteiger partial charge in [-0.2, -0.15) is 0 Å². The average molecular weight is 250 g/mol. The van der Waals surface area contributed by atoms with Crippen LogP contribution in [0.1, 0.15) is 32.3 Å². The monoisotopic (exact) mass is 250 g/mol. The molecule has 100 valence electrons. The normalized spacial score (nSPS) is 19.8. The Hall–Kier alpha value is -1.09. The predicted octanol–water partition coefficient (Wildman–Crippen LogP) is 3.17. The van der Waals surface area contributed by atoms with Crippen LogP contribution in [0.5, 0.6) is 0 Å². The summed E-state index contributed by atoms with van der Waals surface area (Å²) < 4.78 is 14.2. The van der Waals surface area contributed by atoms with Crippen LogP contribution in [0, 0.1) is 11.7 Å². The molecular formula is C15H23FN2. The Morgan fingerprint density at radius 3 is 2.83 bits per heavy atom. The lowest BCUT2D eigenvalue weighted by Crippen LogP contribution is -2.33. The molecule has 0 saturated carbocycles. The van der Waals surface area contributed by atoms with E-state index in [9.17, 15) is 4.39 Å². The van der Waals surface area contributed by atoms with Gasteiger partial charge in [-0.15, -0.1) is 0 Å². The van der Waals surface area contributed by atoms with Gasteiger partial charge < -0.3 is 10.2 Å². The minimum atomic E-state index is -0.0877. The molecule has 0 aromatic heterocycles. The van der Waals surface area contributed by atoms with Crippen LogP contribution in [0.15, 0.2) is 18.2 Å². The van der Waals surface area contributed by atoms with E-state index < -0.39 is 0 Å². The van der Waals surface area contributed by atoms with Gasteiger partial charge in [0.25, 0.3) is 0 Å². The molecule has 0 amide bonds. The molecule has 1 aromatic carbocycles. The van der Waals surface area contributed by atoms with Gasteiger partial charge in [0, 0.05) is 19.1 Å². The standard InChI is InChI=1S/C15H23FN2/c1-11(2)14-5-4-8-18(14)15-7-6-12(10-17-3)9-13(15)16/h6-7,9,11,14,17H,4-5,8,10H2,1-3H3. The molecule has 18 heavy (non-hydrogen) atoms. The summed E-state index contributed by atoms with van der Waals surface area (Å²) in [6, 6.07) is 6.09. The van der Waals surface area contributed by atoms with Gasteiger partial charge in [0.15, 0.2) is 0 Å². The summed E-state index contributed by atoms with van der Waals surface area (Å²) >= 11 is 0. The molecule has 1 atom stereocenters. The SMILES string of the molecule is CNCc1ccc(N2CCCC2C(C)C)c(F)c1. The van der Waals surface area contributed by atoms with Crippen molar-refractivity contribution in [3.05, 3.63) is 29.6 Å². The largest absolute Gasteiger partial charge is 0.366 e. The third kappa shape index (κ3) is 2.66. The molecule has 0 bridgehead atoms. The van der Waals surface area contributed by atoms with Crippen LogP contribution < -0.4 is 10.2 Å². The lowest BCUT2D eigenvalue weighted by Gasteiger charge is -2.30. The number of nitrogens with one attached hydrogen (secondary N) is 1. The van der Waals surface area contributed by atoms with Crippen LogP contribution in [-0.2, 0) is 6.54 Å². The van der Waals surface area contributed by atoms with E-state index in [-0.39, 0.29) is 5.82 Å². The molecule has 1 aromatic rings. The topological polar surface area (TPSA) is 15.3 Å². The first kappa shape index (κ1) is 13.3. The molecule has 2 nitrogen and oxygen atoms in total. The van der Waals surface area contributed by atoms with E-state index in [2.05, 4.69) is 24.1 Å². The Bertz CT molecular complexity index is 403. The van der Waals surface area contributed by atoms with Gasteiger partial charge in [-0.05, 0) is 43.5 Å². The van der Waals surface area contributed by atoms with Gasteiger partial charge in [0.2, 0.25) is 0 Å². The minimum absolute atomic E-state index is 0.0877. The van der Waals surface area contributed by atoms with Crippen LogP contribution in [-0.4, -0.2) is 19.6 Å². The number of nitrogens with zero attached hydrogens (tertiary/aromatic N) is 1. The third-order valence-electron chi connectivity index (χ3n) is 3.77. The zero-order chi connectivity index (χ0) is 13.1. The Kier molecular flexibility index (Phi) is 4.23. The molecule has 1 saturated heterocycles. The molecule has 0 aliphatic carbocycles. The Labute approximate surface area is 109 Å². The second-order valence-electron chi connectivity index (χ2n) is 5.46. The fraction of sp³-hybridized carbons (Fsp3) is 0.600. The minimum Gasteiger partial charge on any atom is -0.366 e. The molecule has 3 heteroatoms. The highest BCUT2D eigenvalue weighted by atomic mass is 19.1. The first-order valence-corrected chi connectivity index (χ1v) is 6.83. The highest BCUT2D eigenvalue weighted by Crippen LogP contribution is 2.31. The van der Waals surface area contributed by atoms with Crippen molar-refractivity contribution < 1.29 is 4.39 Å². The van der Waals surface area contributed by atoms with Gasteiger partial charge in [0.05, 0.1) is 5.69 Å². The van der Waals surface area contributed by atoms with Crippen molar-refractivity contribution >= 4 is 5.69 Å². The second-order valence-corrected chi connectivity index (χ2v) is 5.46. The summed E-state index contributed by atoms with van der Waals surface area (Å²) in [5, 5.41) is 3.05. The number of anilines is 1. The summed E-state index contributed by atoms with van der Waals surface area (Å²) in [5.74, 6) is 0.485. The number of benzene rings is 1. The van der Waals surface area contributed by atoms with Gasteiger partial charge in [0.1, 0.15) is 5.82 Å². The molecule has 1 aliphatic rings. The van der Waals surface area contributed by atoms with E-state index in [0.717, 1.165) is 17.8 Å². The van der Waals surface area contributed by atoms with E-state index >= 15 is 0 Å². The zero-order valence-electron chi connectivity index (χ0n) is 11.5. The zero-order valence-corrected chi connectivity index (χ0v) is 11.5. The first-order chi connectivity index (χ1) is 8.63. The summed E-state index contributed by atoms with van der Waals surface area (Å²) in [6.07, 6.45) is 2.34. The third-order valence-corrected chi connectivity index (χ3v) is 3.77. The molecular weight excluding hydrogens is 227 g/mol. The molecule has 1 aliphatic heterocycles. The molecule has 0 radical (unpaired) electrons. The summed E-state index contributed by atoms with van der Waals surface area (Å²) in [4.78, 5) is 2.24. The van der Waals surface area contributed by atoms with E-state index in [0.29, 0.717) is 18.5 Å². The Balaban J connectivity index is 2.22. The highest BCUT2D eigenvalue weighted by Gasteiger charge is 2.28. The van der Waals surface area contributed by atoms with Crippen molar-refractivity contribution in [1.82, 2.24) is 5.32 Å². The summed E-state index contributed by atoms with van der Waals surface area (Å²) in [7, 11) is 1.88. The Morgan fingerprint density at radius 1 is 1.44 bits per heavy atom. The highest BCUT2D eigenvalue weighted by molar-refractivity contribution is 5.51. The fourth-order valence-corrected chi connectivity index (χ4v) is 2.88. The maximum atomic E-state index is 14.2. The van der Waals surface area contributed by atoms with E-state index in [1.807, 2.05) is 19.2 Å². The van der Waals surface area contributed by atoms with E-state index in [1.54, 1.807) is 6.07 Å². The molecule has 1 unspecified atom stereocenters. The molecule has 1 fully saturated rings. The lowest BCUT2D eigenvalue weighted by molar-refractivity contribution is 0.485. The molecule has 2 rings (SSSR count). The molecule has 1 N–H and O–H groups in total. The van der Waals surface area contributed by atoms with Crippen molar-refractivity contribution in [1.29, 1.82) is 0 Å². The van der Waals surface area contributed by atoms with Gasteiger partial charge in [-0.25, -0.2) is 4.39 Å². The van der Waals surface area contributed by atoms with Gasteiger partial charge in [-0.3, -0.25) is 0 Å². The smallest absolute Gasteiger partial charge is 0.146 e. The summed E-state index contributed by atoms with van der Waals surface area (Å²) in [6.45, 7) is 6.13. The van der Waals surface area contributed by atoms with Crippen molar-refractivity contribution in [3.8, 4) is 0 Å². The van der Waals surface area contributed by atoms with Crippen LogP contribution in [0.4, 0.5) is 10.1 Å². The number of hydrogen-bond acceptors (Lipinski definition) is 2. The van der Waals surface area contributed by atoms with Gasteiger partial charge >= 0.3 is 0 Å². The number of halogens is 1. The molecule has 1 heterocycles. The van der Waals surface area contributed by atoms with Crippen molar-refractivity contribution in [3.63, 3.8) is 0 Å². The van der Waals surface area contributed by atoms with E-state index in [1.165, 1.54) is 12.8 Å². The first-order valence-electron chi connectivity index (χ1n) is 6.83. The fourth-order valence-electron chi connectivity index (χ4n) is 2.88. The van der Waals surface area contributed by atoms with Crippen LogP contribution in [0.3, 0.4) is 0 Å². The van der Waals surface area contributed by atoms with Crippen molar-refractivity contribution in [2.24, 2.45) is 5.92 Å². The van der Waals surface area contributed by atoms with E-state index in [4.69, 9.17) is 0 Å². The van der Waals surface area contributed by atoms with Crippen LogP contribution >= 0.6 is 0 Å². The second kappa shape index (κ2) is 5.70. The van der Waals surface area contributed by atoms with Crippen molar-refractivity contribution in [2.75, 3.05) is 18.5 Å². The predicted molar refractivity (Wildman–Crippen MR) is 74.4 cm³/mol.